The molecule has 22 heavy (non-hydrogen) atoms. The van der Waals surface area contributed by atoms with Gasteiger partial charge >= 0.3 is 5.56 Å². The van der Waals surface area contributed by atoms with E-state index >= 15 is 0 Å². The van der Waals surface area contributed by atoms with Crippen molar-refractivity contribution in [3.05, 3.63) is 34.7 Å². The normalized spacial score (nSPS) is 11.7. The van der Waals surface area contributed by atoms with Crippen molar-refractivity contribution >= 4 is 30.8 Å². The van der Waals surface area contributed by atoms with Crippen LogP contribution in [0.1, 0.15) is 0 Å². The van der Waals surface area contributed by atoms with Gasteiger partial charge in [0.15, 0.2) is 5.52 Å². The molecule has 3 rings (SSSR count). The van der Waals surface area contributed by atoms with Gasteiger partial charge in [-0.2, -0.15) is 5.10 Å². The highest BCUT2D eigenvalue weighted by Gasteiger charge is 2.21. The predicted octanol–water partition coefficient (Wildman–Crippen LogP) is 0.668. The van der Waals surface area contributed by atoms with E-state index in [2.05, 4.69) is 20.2 Å². The van der Waals surface area contributed by atoms with Gasteiger partial charge in [0.05, 0.1) is 18.2 Å². The summed E-state index contributed by atoms with van der Waals surface area (Å²) < 4.78 is 27.9. The molecular formula is C12H10ClN4O4S+. The summed E-state index contributed by atoms with van der Waals surface area (Å²) in [7, 11) is 2.86. The molecule has 0 saturated heterocycles. The molecule has 0 amide bonds. The summed E-state index contributed by atoms with van der Waals surface area (Å²) in [5.41, 5.74) is 0.997. The molecule has 3 N–H and O–H groups in total. The minimum Gasteiger partial charge on any atom is -0.496 e. The fourth-order valence-corrected chi connectivity index (χ4v) is 2.84. The molecule has 2 heterocycles. The summed E-state index contributed by atoms with van der Waals surface area (Å²) in [6.07, 6.45) is 1.46. The van der Waals surface area contributed by atoms with E-state index in [-0.39, 0.29) is 16.2 Å². The van der Waals surface area contributed by atoms with Crippen molar-refractivity contribution in [2.24, 2.45) is 0 Å². The molecule has 2 aromatic heterocycles. The van der Waals surface area contributed by atoms with Crippen LogP contribution >= 0.6 is 10.7 Å². The second kappa shape index (κ2) is 5.11. The Morgan fingerprint density at radius 2 is 2.14 bits per heavy atom. The topological polar surface area (TPSA) is 119 Å². The number of benzene rings is 1. The number of rotatable bonds is 3. The van der Waals surface area contributed by atoms with Crippen LogP contribution in [-0.4, -0.2) is 30.7 Å². The molecule has 0 unspecified atom stereocenters. The van der Waals surface area contributed by atoms with Gasteiger partial charge in [0.1, 0.15) is 11.3 Å². The van der Waals surface area contributed by atoms with Crippen molar-refractivity contribution in [1.82, 2.24) is 15.2 Å². The molecule has 3 aromatic rings. The Bertz CT molecular complexity index is 1030. The van der Waals surface area contributed by atoms with Crippen LogP contribution in [-0.2, 0) is 9.05 Å². The smallest absolute Gasteiger partial charge is 0.315 e. The Labute approximate surface area is 128 Å². The third kappa shape index (κ3) is 2.44. The molecule has 0 atom stereocenters. The van der Waals surface area contributed by atoms with Gasteiger partial charge in [-0.1, -0.05) is 0 Å². The minimum absolute atomic E-state index is 0.0783. The molecule has 1 aromatic carbocycles. The van der Waals surface area contributed by atoms with Crippen LogP contribution < -0.4 is 15.3 Å². The number of aromatic nitrogens is 4. The van der Waals surface area contributed by atoms with Crippen molar-refractivity contribution in [3.8, 4) is 17.1 Å². The zero-order chi connectivity index (χ0) is 15.9. The second-order valence-corrected chi connectivity index (χ2v) is 6.98. The van der Waals surface area contributed by atoms with Crippen molar-refractivity contribution in [1.29, 1.82) is 0 Å². The predicted molar refractivity (Wildman–Crippen MR) is 78.3 cm³/mol. The molecule has 0 radical (unpaired) electrons. The molecule has 0 aliphatic heterocycles. The van der Waals surface area contributed by atoms with Gasteiger partial charge in [-0.15, -0.1) is 0 Å². The Morgan fingerprint density at radius 3 is 2.77 bits per heavy atom. The number of ether oxygens (including phenoxy) is 1. The highest BCUT2D eigenvalue weighted by atomic mass is 35.7. The molecule has 0 bridgehead atoms. The Hall–Kier alpha value is -2.39. The molecule has 10 heteroatoms. The summed E-state index contributed by atoms with van der Waals surface area (Å²) in [5.74, 6) is 0.762. The molecule has 0 aliphatic carbocycles. The van der Waals surface area contributed by atoms with E-state index in [1.807, 2.05) is 0 Å². The second-order valence-electron chi connectivity index (χ2n) is 4.41. The van der Waals surface area contributed by atoms with E-state index in [0.717, 1.165) is 0 Å². The Kier molecular flexibility index (Phi) is 3.38. The van der Waals surface area contributed by atoms with Gasteiger partial charge in [0.2, 0.25) is 5.52 Å². The molecule has 0 saturated carbocycles. The highest BCUT2D eigenvalue weighted by Crippen LogP contribution is 2.30. The maximum absolute atomic E-state index is 11.7. The van der Waals surface area contributed by atoms with Crippen LogP contribution in [0.4, 0.5) is 0 Å². The lowest BCUT2D eigenvalue weighted by Gasteiger charge is -2.05. The first-order valence-electron chi connectivity index (χ1n) is 6.02. The Balaban J connectivity index is 2.22. The standard InChI is InChI=1S/C12H9ClN4O4S/c1-21-9-4-6(22(13,19)20)2-3-7(9)11-15-8-5-14-17-12(18)10(8)16-11/h2-5H,1H3,(H,15,16)(H,17,18)/p+1. The van der Waals surface area contributed by atoms with Crippen LogP contribution in [0.15, 0.2) is 34.1 Å². The summed E-state index contributed by atoms with van der Waals surface area (Å²) in [5, 5.41) is 6.00. The van der Waals surface area contributed by atoms with E-state index < -0.39 is 9.05 Å². The van der Waals surface area contributed by atoms with Gasteiger partial charge in [-0.3, -0.25) is 4.79 Å². The Morgan fingerprint density at radius 1 is 1.36 bits per heavy atom. The van der Waals surface area contributed by atoms with E-state index in [0.29, 0.717) is 22.4 Å². The maximum Gasteiger partial charge on any atom is 0.315 e. The first kappa shape index (κ1) is 14.5. The van der Waals surface area contributed by atoms with Crippen LogP contribution in [0.5, 0.6) is 5.75 Å². The largest absolute Gasteiger partial charge is 0.496 e. The number of imidazole rings is 1. The van der Waals surface area contributed by atoms with E-state index in [1.54, 1.807) is 0 Å². The molecule has 8 nitrogen and oxygen atoms in total. The van der Waals surface area contributed by atoms with Crippen molar-refractivity contribution in [2.75, 3.05) is 7.11 Å². The van der Waals surface area contributed by atoms with Crippen LogP contribution in [0.2, 0.25) is 0 Å². The van der Waals surface area contributed by atoms with Gasteiger partial charge in [0, 0.05) is 16.7 Å². The number of halogens is 1. The van der Waals surface area contributed by atoms with E-state index in [9.17, 15) is 13.2 Å². The fraction of sp³-hybridized carbons (Fsp3) is 0.0833. The summed E-state index contributed by atoms with van der Waals surface area (Å²) in [4.78, 5) is 17.5. The first-order valence-corrected chi connectivity index (χ1v) is 8.33. The quantitative estimate of drug-likeness (QED) is 0.678. The van der Waals surface area contributed by atoms with Crippen LogP contribution in [0.25, 0.3) is 22.4 Å². The van der Waals surface area contributed by atoms with E-state index in [4.69, 9.17) is 15.4 Å². The highest BCUT2D eigenvalue weighted by molar-refractivity contribution is 8.13. The summed E-state index contributed by atoms with van der Waals surface area (Å²) in [6.45, 7) is 0. The van der Waals surface area contributed by atoms with Gasteiger partial charge < -0.3 is 4.74 Å². The SMILES string of the molecule is COc1cc(S(=O)(=O)Cl)ccc1-c1[nH]c2cn[nH]c(=O)c2[nH+]1. The number of fused-ring (bicyclic) bond motifs is 1. The van der Waals surface area contributed by atoms with Crippen LogP contribution in [0.3, 0.4) is 0 Å². The summed E-state index contributed by atoms with van der Waals surface area (Å²) in [6, 6.07) is 4.18. The van der Waals surface area contributed by atoms with Gasteiger partial charge in [-0.25, -0.2) is 23.5 Å². The number of H-pyrrole nitrogens is 3. The third-order valence-corrected chi connectivity index (χ3v) is 4.44. The van der Waals surface area contributed by atoms with Gasteiger partial charge in [-0.05, 0) is 12.1 Å². The van der Waals surface area contributed by atoms with E-state index in [1.165, 1.54) is 31.5 Å². The number of nitrogens with zero attached hydrogens (tertiary/aromatic N) is 1. The van der Waals surface area contributed by atoms with Crippen LogP contribution in [0, 0.1) is 0 Å². The minimum atomic E-state index is -3.86. The average molecular weight is 342 g/mol. The number of hydrogen-bond acceptors (Lipinski definition) is 5. The van der Waals surface area contributed by atoms with Crippen molar-refractivity contribution < 1.29 is 18.1 Å². The zero-order valence-electron chi connectivity index (χ0n) is 11.2. The molecular weight excluding hydrogens is 332 g/mol. The van der Waals surface area contributed by atoms with Crippen molar-refractivity contribution in [2.45, 2.75) is 4.90 Å². The number of hydrogen-bond donors (Lipinski definition) is 2. The number of aromatic amines is 3. The third-order valence-electron chi connectivity index (χ3n) is 3.09. The number of nitrogens with one attached hydrogen (secondary N) is 3. The average Bonchev–Trinajstić information content (AvgIpc) is 2.91. The molecule has 114 valence electrons. The van der Waals surface area contributed by atoms with Crippen molar-refractivity contribution in [3.63, 3.8) is 0 Å². The fourth-order valence-electron chi connectivity index (χ4n) is 2.07. The monoisotopic (exact) mass is 341 g/mol. The lowest BCUT2D eigenvalue weighted by molar-refractivity contribution is -0.331. The van der Waals surface area contributed by atoms with Gasteiger partial charge in [0.25, 0.3) is 14.9 Å². The first-order chi connectivity index (χ1) is 10.4. The molecule has 0 aliphatic rings. The maximum atomic E-state index is 11.7. The lowest BCUT2D eigenvalue weighted by atomic mass is 10.2. The zero-order valence-corrected chi connectivity index (χ0v) is 12.7. The molecule has 0 fully saturated rings. The lowest BCUT2D eigenvalue weighted by Crippen LogP contribution is -2.15. The number of methoxy groups -OCH3 is 1. The molecule has 0 spiro atoms. The summed E-state index contributed by atoms with van der Waals surface area (Å²) >= 11 is 0.